The van der Waals surface area contributed by atoms with E-state index in [-0.39, 0.29) is 5.28 Å². The van der Waals surface area contributed by atoms with Crippen LogP contribution in [-0.4, -0.2) is 9.97 Å². The van der Waals surface area contributed by atoms with Crippen LogP contribution in [0.25, 0.3) is 10.6 Å². The van der Waals surface area contributed by atoms with Gasteiger partial charge in [0, 0.05) is 6.20 Å². The Balaban J connectivity index is 2.55. The number of halogens is 2. The van der Waals surface area contributed by atoms with Crippen LogP contribution in [0.2, 0.25) is 5.28 Å². The minimum absolute atomic E-state index is 0.287. The molecule has 0 saturated carbocycles. The molecular weight excluding hydrogens is 284 g/mol. The first-order valence-electron chi connectivity index (χ1n) is 3.91. The SMILES string of the molecule is Cc1cnc(Cl)nc1-c1ccc(Br)s1. The maximum absolute atomic E-state index is 5.74. The number of thiophene rings is 1. The van der Waals surface area contributed by atoms with Gasteiger partial charge in [-0.1, -0.05) is 0 Å². The maximum Gasteiger partial charge on any atom is 0.222 e. The van der Waals surface area contributed by atoms with Crippen molar-refractivity contribution in [2.45, 2.75) is 6.92 Å². The van der Waals surface area contributed by atoms with Crippen molar-refractivity contribution < 1.29 is 0 Å². The molecule has 0 aromatic carbocycles. The van der Waals surface area contributed by atoms with E-state index in [1.807, 2.05) is 19.1 Å². The van der Waals surface area contributed by atoms with Crippen LogP contribution in [0.4, 0.5) is 0 Å². The number of rotatable bonds is 1. The summed E-state index contributed by atoms with van der Waals surface area (Å²) in [5, 5.41) is 0.287. The van der Waals surface area contributed by atoms with Gasteiger partial charge in [0.25, 0.3) is 0 Å². The molecule has 2 nitrogen and oxygen atoms in total. The molecule has 0 aliphatic carbocycles. The molecule has 2 rings (SSSR count). The van der Waals surface area contributed by atoms with Crippen LogP contribution < -0.4 is 0 Å². The van der Waals surface area contributed by atoms with E-state index in [1.54, 1.807) is 17.5 Å². The topological polar surface area (TPSA) is 25.8 Å². The van der Waals surface area contributed by atoms with Crippen molar-refractivity contribution in [3.05, 3.63) is 33.0 Å². The molecule has 0 atom stereocenters. The van der Waals surface area contributed by atoms with Crippen LogP contribution in [0, 0.1) is 6.92 Å². The Hall–Kier alpha value is -0.450. The summed E-state index contributed by atoms with van der Waals surface area (Å²) in [4.78, 5) is 9.22. The molecule has 0 N–H and O–H groups in total. The first-order chi connectivity index (χ1) is 6.66. The Morgan fingerprint density at radius 3 is 2.86 bits per heavy atom. The molecule has 0 fully saturated rings. The van der Waals surface area contributed by atoms with Crippen LogP contribution in [0.15, 0.2) is 22.1 Å². The molecule has 0 radical (unpaired) electrons. The highest BCUT2D eigenvalue weighted by Gasteiger charge is 2.07. The molecule has 0 saturated heterocycles. The van der Waals surface area contributed by atoms with Crippen LogP contribution in [0.5, 0.6) is 0 Å². The van der Waals surface area contributed by atoms with E-state index in [9.17, 15) is 0 Å². The van der Waals surface area contributed by atoms with Crippen molar-refractivity contribution in [2.24, 2.45) is 0 Å². The third-order valence-corrected chi connectivity index (χ3v) is 3.56. The first-order valence-corrected chi connectivity index (χ1v) is 5.90. The van der Waals surface area contributed by atoms with Crippen LogP contribution in [-0.2, 0) is 0 Å². The van der Waals surface area contributed by atoms with Crippen molar-refractivity contribution >= 4 is 38.9 Å². The summed E-state index contributed by atoms with van der Waals surface area (Å²) in [7, 11) is 0. The van der Waals surface area contributed by atoms with E-state index in [4.69, 9.17) is 11.6 Å². The van der Waals surface area contributed by atoms with E-state index in [0.717, 1.165) is 19.9 Å². The van der Waals surface area contributed by atoms with E-state index in [1.165, 1.54) is 0 Å². The average Bonchev–Trinajstić information content (AvgIpc) is 2.56. The van der Waals surface area contributed by atoms with E-state index >= 15 is 0 Å². The van der Waals surface area contributed by atoms with Crippen LogP contribution >= 0.6 is 38.9 Å². The highest BCUT2D eigenvalue weighted by atomic mass is 79.9. The second-order valence-electron chi connectivity index (χ2n) is 2.77. The summed E-state index contributed by atoms with van der Waals surface area (Å²) in [6, 6.07) is 4.01. The summed E-state index contributed by atoms with van der Waals surface area (Å²) in [5.41, 5.74) is 1.93. The second-order valence-corrected chi connectivity index (χ2v) is 5.58. The first kappa shape index (κ1) is 10.1. The van der Waals surface area contributed by atoms with E-state index in [0.29, 0.717) is 0 Å². The highest BCUT2D eigenvalue weighted by Crippen LogP contribution is 2.31. The fraction of sp³-hybridized carbons (Fsp3) is 0.111. The summed E-state index contributed by atoms with van der Waals surface area (Å²) in [6.07, 6.45) is 1.73. The van der Waals surface area contributed by atoms with Gasteiger partial charge in [-0.2, -0.15) is 0 Å². The average molecular weight is 290 g/mol. The van der Waals surface area contributed by atoms with Gasteiger partial charge in [-0.3, -0.25) is 0 Å². The Bertz CT molecular complexity index is 470. The smallest absolute Gasteiger partial charge is 0.222 e. The third-order valence-electron chi connectivity index (χ3n) is 1.75. The number of aromatic nitrogens is 2. The standard InChI is InChI=1S/C9H6BrClN2S/c1-5-4-12-9(11)13-8(5)6-2-3-7(10)14-6/h2-4H,1H3. The molecule has 0 bridgehead atoms. The predicted octanol–water partition coefficient (Wildman–Crippen LogP) is 3.93. The van der Waals surface area contributed by atoms with Gasteiger partial charge in [-0.25, -0.2) is 9.97 Å². The van der Waals surface area contributed by atoms with E-state index in [2.05, 4.69) is 25.9 Å². The normalized spacial score (nSPS) is 10.5. The zero-order valence-corrected chi connectivity index (χ0v) is 10.4. The number of hydrogen-bond donors (Lipinski definition) is 0. The molecule has 14 heavy (non-hydrogen) atoms. The molecule has 0 aliphatic rings. The van der Waals surface area contributed by atoms with Crippen molar-refractivity contribution in [2.75, 3.05) is 0 Å². The van der Waals surface area contributed by atoms with Gasteiger partial charge in [0.2, 0.25) is 5.28 Å². The van der Waals surface area contributed by atoms with Crippen LogP contribution in [0.1, 0.15) is 5.56 Å². The molecule has 0 aliphatic heterocycles. The molecule has 0 spiro atoms. The van der Waals surface area contributed by atoms with Crippen LogP contribution in [0.3, 0.4) is 0 Å². The van der Waals surface area contributed by atoms with Gasteiger partial charge in [-0.15, -0.1) is 11.3 Å². The van der Waals surface area contributed by atoms with E-state index < -0.39 is 0 Å². The van der Waals surface area contributed by atoms with Crippen molar-refractivity contribution in [3.63, 3.8) is 0 Å². The minimum atomic E-state index is 0.287. The molecular formula is C9H6BrClN2S. The Morgan fingerprint density at radius 1 is 1.43 bits per heavy atom. The molecule has 5 heteroatoms. The van der Waals surface area contributed by atoms with Gasteiger partial charge in [-0.05, 0) is 52.2 Å². The molecule has 2 aromatic heterocycles. The summed E-state index contributed by atoms with van der Waals surface area (Å²) in [5.74, 6) is 0. The maximum atomic E-state index is 5.74. The zero-order valence-electron chi connectivity index (χ0n) is 7.29. The van der Waals surface area contributed by atoms with Gasteiger partial charge < -0.3 is 0 Å². The van der Waals surface area contributed by atoms with Crippen molar-refractivity contribution in [1.29, 1.82) is 0 Å². The minimum Gasteiger partial charge on any atom is -0.226 e. The predicted molar refractivity (Wildman–Crippen MR) is 62.8 cm³/mol. The zero-order chi connectivity index (χ0) is 10.1. The summed E-state index contributed by atoms with van der Waals surface area (Å²) < 4.78 is 1.08. The van der Waals surface area contributed by atoms with Gasteiger partial charge in [0.05, 0.1) is 14.4 Å². The highest BCUT2D eigenvalue weighted by molar-refractivity contribution is 9.11. The second kappa shape index (κ2) is 3.96. The Labute approximate surface area is 99.1 Å². The summed E-state index contributed by atoms with van der Waals surface area (Å²) >= 11 is 10.8. The quantitative estimate of drug-likeness (QED) is 0.743. The number of nitrogens with zero attached hydrogens (tertiary/aromatic N) is 2. The third kappa shape index (κ3) is 1.97. The Morgan fingerprint density at radius 2 is 2.21 bits per heavy atom. The lowest BCUT2D eigenvalue weighted by atomic mass is 10.2. The van der Waals surface area contributed by atoms with Gasteiger partial charge in [0.15, 0.2) is 0 Å². The number of aryl methyl sites for hydroxylation is 1. The monoisotopic (exact) mass is 288 g/mol. The molecule has 72 valence electrons. The Kier molecular flexibility index (Phi) is 2.85. The summed E-state index contributed by atoms with van der Waals surface area (Å²) in [6.45, 7) is 1.97. The fourth-order valence-corrected chi connectivity index (χ4v) is 2.69. The van der Waals surface area contributed by atoms with Crippen molar-refractivity contribution in [1.82, 2.24) is 9.97 Å². The molecule has 2 aromatic rings. The lowest BCUT2D eigenvalue weighted by Crippen LogP contribution is -1.89. The molecule has 0 unspecified atom stereocenters. The van der Waals surface area contributed by atoms with Gasteiger partial charge in [0.1, 0.15) is 0 Å². The lowest BCUT2D eigenvalue weighted by Gasteiger charge is -2.00. The number of hydrogen-bond acceptors (Lipinski definition) is 3. The van der Waals surface area contributed by atoms with Crippen molar-refractivity contribution in [3.8, 4) is 10.6 Å². The lowest BCUT2D eigenvalue weighted by molar-refractivity contribution is 1.14. The molecule has 0 amide bonds. The largest absolute Gasteiger partial charge is 0.226 e. The molecule has 2 heterocycles. The van der Waals surface area contributed by atoms with Gasteiger partial charge >= 0.3 is 0 Å². The fourth-order valence-electron chi connectivity index (χ4n) is 1.11.